The molecule has 0 bridgehead atoms. The highest BCUT2D eigenvalue weighted by Gasteiger charge is 2.23. The maximum Gasteiger partial charge on any atom is 0.138 e. The van der Waals surface area contributed by atoms with Gasteiger partial charge in [-0.3, -0.25) is 0 Å². The number of hydrogen-bond donors (Lipinski definition) is 0. The number of anilines is 1. The monoisotopic (exact) mass is 271 g/mol. The molecule has 94 valence electrons. The molecular weight excluding hydrogens is 254 g/mol. The third-order valence-corrected chi connectivity index (χ3v) is 4.37. The van der Waals surface area contributed by atoms with Gasteiger partial charge in [-0.1, -0.05) is 32.4 Å². The van der Waals surface area contributed by atoms with Crippen molar-refractivity contribution in [3.05, 3.63) is 17.0 Å². The number of nitrogens with zero attached hydrogens (tertiary/aromatic N) is 3. The van der Waals surface area contributed by atoms with Gasteiger partial charge in [0.25, 0.3) is 0 Å². The highest BCUT2D eigenvalue weighted by Crippen LogP contribution is 2.32. The van der Waals surface area contributed by atoms with Gasteiger partial charge in [-0.05, 0) is 5.92 Å². The molecule has 0 radical (unpaired) electrons. The molecule has 5 heteroatoms. The summed E-state index contributed by atoms with van der Waals surface area (Å²) in [4.78, 5) is 10.9. The van der Waals surface area contributed by atoms with Crippen LogP contribution in [0.1, 0.15) is 32.3 Å². The molecule has 1 aliphatic rings. The number of rotatable bonds is 2. The zero-order valence-electron chi connectivity index (χ0n) is 10.5. The number of aromatic nitrogens is 2. The van der Waals surface area contributed by atoms with E-state index in [1.807, 2.05) is 11.8 Å². The summed E-state index contributed by atoms with van der Waals surface area (Å²) in [6.07, 6.45) is 1.57. The van der Waals surface area contributed by atoms with Crippen LogP contribution in [0.15, 0.2) is 6.33 Å². The first-order valence-corrected chi connectivity index (χ1v) is 7.39. The summed E-state index contributed by atoms with van der Waals surface area (Å²) in [5, 5.41) is 1.24. The fourth-order valence-electron chi connectivity index (χ4n) is 2.12. The summed E-state index contributed by atoms with van der Waals surface area (Å²) in [7, 11) is 0. The van der Waals surface area contributed by atoms with Crippen LogP contribution in [0.3, 0.4) is 0 Å². The maximum atomic E-state index is 6.20. The Morgan fingerprint density at radius 3 is 2.88 bits per heavy atom. The van der Waals surface area contributed by atoms with Gasteiger partial charge in [0, 0.05) is 29.7 Å². The van der Waals surface area contributed by atoms with Crippen LogP contribution in [0.5, 0.6) is 0 Å². The summed E-state index contributed by atoms with van der Waals surface area (Å²) in [5.74, 6) is 2.52. The molecule has 1 unspecified atom stereocenters. The molecule has 0 saturated carbocycles. The van der Waals surface area contributed by atoms with Gasteiger partial charge in [0.15, 0.2) is 0 Å². The Hall–Kier alpha value is -0.480. The minimum atomic E-state index is 0.351. The number of thioether (sulfide) groups is 1. The van der Waals surface area contributed by atoms with E-state index in [0.29, 0.717) is 16.3 Å². The van der Waals surface area contributed by atoms with Gasteiger partial charge in [0.2, 0.25) is 0 Å². The summed E-state index contributed by atoms with van der Waals surface area (Å²) < 4.78 is 0. The number of halogens is 1. The van der Waals surface area contributed by atoms with E-state index in [0.717, 1.165) is 30.2 Å². The summed E-state index contributed by atoms with van der Waals surface area (Å²) in [5.41, 5.74) is 1.08. The van der Waals surface area contributed by atoms with Crippen LogP contribution in [0.25, 0.3) is 0 Å². The van der Waals surface area contributed by atoms with Gasteiger partial charge < -0.3 is 4.90 Å². The Morgan fingerprint density at radius 1 is 1.47 bits per heavy atom. The van der Waals surface area contributed by atoms with Gasteiger partial charge in [-0.2, -0.15) is 11.8 Å². The molecule has 0 N–H and O–H groups in total. The van der Waals surface area contributed by atoms with E-state index in [1.165, 1.54) is 0 Å². The van der Waals surface area contributed by atoms with E-state index in [2.05, 4.69) is 35.6 Å². The van der Waals surface area contributed by atoms with Crippen LogP contribution in [-0.2, 0) is 0 Å². The van der Waals surface area contributed by atoms with Crippen molar-refractivity contribution in [1.29, 1.82) is 0 Å². The Balaban J connectivity index is 2.34. The molecule has 2 heterocycles. The lowest BCUT2D eigenvalue weighted by Crippen LogP contribution is -2.38. The van der Waals surface area contributed by atoms with Crippen LogP contribution >= 0.6 is 23.4 Å². The molecule has 1 aromatic rings. The summed E-state index contributed by atoms with van der Waals surface area (Å²) in [6.45, 7) is 8.61. The first-order valence-electron chi connectivity index (χ1n) is 5.96. The summed E-state index contributed by atoms with van der Waals surface area (Å²) >= 11 is 8.21. The van der Waals surface area contributed by atoms with Crippen molar-refractivity contribution in [2.75, 3.05) is 23.7 Å². The molecule has 17 heavy (non-hydrogen) atoms. The molecule has 0 aromatic carbocycles. The van der Waals surface area contributed by atoms with Crippen molar-refractivity contribution < 1.29 is 0 Å². The molecule has 3 nitrogen and oxygen atoms in total. The first kappa shape index (κ1) is 13.0. The third kappa shape index (κ3) is 2.86. The average Bonchev–Trinajstić information content (AvgIpc) is 2.28. The molecule has 0 amide bonds. The smallest absolute Gasteiger partial charge is 0.138 e. The van der Waals surface area contributed by atoms with E-state index >= 15 is 0 Å². The maximum absolute atomic E-state index is 6.20. The molecule has 2 rings (SSSR count). The number of hydrogen-bond acceptors (Lipinski definition) is 4. The lowest BCUT2D eigenvalue weighted by atomic mass is 10.1. The molecule has 1 aromatic heterocycles. The molecular formula is C12H18ClN3S. The standard InChI is InChI=1S/C12H18ClN3S/c1-8(2)10-11(13)14-7-15-12(10)16-4-5-17-9(3)6-16/h7-9H,4-6H2,1-3H3. The average molecular weight is 272 g/mol. The zero-order valence-corrected chi connectivity index (χ0v) is 12.1. The molecule has 1 fully saturated rings. The lowest BCUT2D eigenvalue weighted by molar-refractivity contribution is 0.744. The molecule has 1 atom stereocenters. The van der Waals surface area contributed by atoms with Gasteiger partial charge >= 0.3 is 0 Å². The van der Waals surface area contributed by atoms with Crippen LogP contribution in [-0.4, -0.2) is 34.1 Å². The fraction of sp³-hybridized carbons (Fsp3) is 0.667. The van der Waals surface area contributed by atoms with E-state index in [1.54, 1.807) is 6.33 Å². The van der Waals surface area contributed by atoms with E-state index in [9.17, 15) is 0 Å². The minimum Gasteiger partial charge on any atom is -0.354 e. The highest BCUT2D eigenvalue weighted by molar-refractivity contribution is 8.00. The molecule has 0 aliphatic carbocycles. The van der Waals surface area contributed by atoms with E-state index in [4.69, 9.17) is 11.6 Å². The Morgan fingerprint density at radius 2 is 2.24 bits per heavy atom. The first-order chi connectivity index (χ1) is 8.09. The SMILES string of the molecule is CC1CN(c2ncnc(Cl)c2C(C)C)CCS1. The van der Waals surface area contributed by atoms with Crippen molar-refractivity contribution >= 4 is 29.2 Å². The Kier molecular flexibility index (Phi) is 4.15. The predicted octanol–water partition coefficient (Wildman–Crippen LogP) is 3.20. The van der Waals surface area contributed by atoms with Crippen LogP contribution in [0, 0.1) is 0 Å². The van der Waals surface area contributed by atoms with E-state index < -0.39 is 0 Å². The molecule has 1 saturated heterocycles. The minimum absolute atomic E-state index is 0.351. The zero-order chi connectivity index (χ0) is 12.4. The van der Waals surface area contributed by atoms with Crippen molar-refractivity contribution in [1.82, 2.24) is 9.97 Å². The van der Waals surface area contributed by atoms with Crippen molar-refractivity contribution in [3.8, 4) is 0 Å². The second-order valence-corrected chi connectivity index (χ2v) is 6.59. The summed E-state index contributed by atoms with van der Waals surface area (Å²) in [6, 6.07) is 0. The predicted molar refractivity (Wildman–Crippen MR) is 75.3 cm³/mol. The van der Waals surface area contributed by atoms with Crippen molar-refractivity contribution in [2.45, 2.75) is 31.9 Å². The van der Waals surface area contributed by atoms with Crippen LogP contribution < -0.4 is 4.90 Å². The van der Waals surface area contributed by atoms with Gasteiger partial charge in [-0.15, -0.1) is 0 Å². The van der Waals surface area contributed by atoms with E-state index in [-0.39, 0.29) is 0 Å². The van der Waals surface area contributed by atoms with Gasteiger partial charge in [0.1, 0.15) is 17.3 Å². The Labute approximate surface area is 112 Å². The van der Waals surface area contributed by atoms with Crippen molar-refractivity contribution in [2.24, 2.45) is 0 Å². The second kappa shape index (κ2) is 5.44. The van der Waals surface area contributed by atoms with Gasteiger partial charge in [0.05, 0.1) is 0 Å². The van der Waals surface area contributed by atoms with Gasteiger partial charge in [-0.25, -0.2) is 9.97 Å². The second-order valence-electron chi connectivity index (χ2n) is 4.68. The molecule has 0 spiro atoms. The van der Waals surface area contributed by atoms with Crippen LogP contribution in [0.2, 0.25) is 5.15 Å². The normalized spacial score (nSPS) is 21.0. The largest absolute Gasteiger partial charge is 0.354 e. The third-order valence-electron chi connectivity index (χ3n) is 2.93. The topological polar surface area (TPSA) is 29.0 Å². The lowest BCUT2D eigenvalue weighted by Gasteiger charge is -2.33. The van der Waals surface area contributed by atoms with Crippen molar-refractivity contribution in [3.63, 3.8) is 0 Å². The highest BCUT2D eigenvalue weighted by atomic mass is 35.5. The van der Waals surface area contributed by atoms with Crippen LogP contribution in [0.4, 0.5) is 5.82 Å². The quantitative estimate of drug-likeness (QED) is 0.773. The fourth-order valence-corrected chi connectivity index (χ4v) is 3.48. The Bertz CT molecular complexity index is 397. The molecule has 1 aliphatic heterocycles.